The average Bonchev–Trinajstić information content (AvgIpc) is 3.42. The van der Waals surface area contributed by atoms with Crippen LogP contribution in [0.5, 0.6) is 0 Å². The summed E-state index contributed by atoms with van der Waals surface area (Å²) in [6.07, 6.45) is 2.62. The van der Waals surface area contributed by atoms with Crippen molar-refractivity contribution in [3.05, 3.63) is 17.9 Å². The fourth-order valence-corrected chi connectivity index (χ4v) is 3.66. The quantitative estimate of drug-likeness (QED) is 0.203. The minimum absolute atomic E-state index is 0. The molecule has 0 amide bonds. The van der Waals surface area contributed by atoms with E-state index >= 15 is 0 Å². The molecular formula is C15H21N6NaO7. The number of ether oxygens (including phenoxy) is 1. The van der Waals surface area contributed by atoms with E-state index in [4.69, 9.17) is 9.99 Å². The Morgan fingerprint density at radius 1 is 1.24 bits per heavy atom. The van der Waals surface area contributed by atoms with Crippen molar-refractivity contribution in [3.63, 3.8) is 0 Å². The summed E-state index contributed by atoms with van der Waals surface area (Å²) in [6, 6.07) is 0.337. The predicted molar refractivity (Wildman–Crippen MR) is 92.0 cm³/mol. The van der Waals surface area contributed by atoms with Crippen LogP contribution in [0.2, 0.25) is 0 Å². The van der Waals surface area contributed by atoms with E-state index in [9.17, 15) is 15.4 Å². The van der Waals surface area contributed by atoms with Crippen LogP contribution in [0.4, 0.5) is 5.82 Å². The maximum absolute atomic E-state index is 10.8. The summed E-state index contributed by atoms with van der Waals surface area (Å²) in [5, 5.41) is 42.4. The van der Waals surface area contributed by atoms with Gasteiger partial charge in [0.2, 0.25) is 0 Å². The summed E-state index contributed by atoms with van der Waals surface area (Å²) in [7, 11) is 0. The molecule has 2 aromatic heterocycles. The molecule has 4 N–H and O–H groups in total. The van der Waals surface area contributed by atoms with Crippen LogP contribution in [0.25, 0.3) is 11.2 Å². The Morgan fingerprint density at radius 2 is 2.00 bits per heavy atom. The molecule has 1 saturated heterocycles. The van der Waals surface area contributed by atoms with Crippen LogP contribution >= 0.6 is 0 Å². The third-order valence-electron chi connectivity index (χ3n) is 5.08. The van der Waals surface area contributed by atoms with E-state index in [2.05, 4.69) is 30.1 Å². The second-order valence-corrected chi connectivity index (χ2v) is 6.82. The van der Waals surface area contributed by atoms with Crippen molar-refractivity contribution in [3.8, 4) is 0 Å². The number of aliphatic hydroxyl groups excluding tert-OH is 2. The van der Waals surface area contributed by atoms with Crippen LogP contribution in [0.1, 0.15) is 31.9 Å². The molecule has 4 atom stereocenters. The van der Waals surface area contributed by atoms with Gasteiger partial charge in [-0.2, -0.15) is 0 Å². The Bertz CT molecular complexity index is 807. The van der Waals surface area contributed by atoms with Gasteiger partial charge in [-0.1, -0.05) is 18.2 Å². The first-order valence-corrected chi connectivity index (χ1v) is 8.96. The van der Waals surface area contributed by atoms with E-state index in [1.165, 1.54) is 30.1 Å². The third kappa shape index (κ3) is 4.70. The number of anilines is 1. The zero-order valence-electron chi connectivity index (χ0n) is 15.8. The predicted octanol–water partition coefficient (Wildman–Crippen LogP) is -3.06. The van der Waals surface area contributed by atoms with Gasteiger partial charge in [-0.3, -0.25) is 9.40 Å². The van der Waals surface area contributed by atoms with Gasteiger partial charge in [0.05, 0.1) is 12.9 Å². The van der Waals surface area contributed by atoms with Crippen LogP contribution in [-0.2, 0) is 14.6 Å². The third-order valence-corrected chi connectivity index (χ3v) is 5.08. The van der Waals surface area contributed by atoms with Gasteiger partial charge in [0, 0.05) is 6.04 Å². The Kier molecular flexibility index (Phi) is 7.75. The SMILES string of the molecule is [Na+].[O-]N(OO)OC[C@H]1O[C@@H](n2cnc3c(NC4CCCC4)ncnc32)[C@H](O)[C@@H]1O. The molecule has 1 saturated carbocycles. The van der Waals surface area contributed by atoms with Crippen molar-refractivity contribution in [2.45, 2.75) is 56.3 Å². The van der Waals surface area contributed by atoms with Gasteiger partial charge in [0.1, 0.15) is 24.6 Å². The molecule has 2 fully saturated rings. The minimum Gasteiger partial charge on any atom is -0.736 e. The molecule has 0 unspecified atom stereocenters. The van der Waals surface area contributed by atoms with Crippen LogP contribution in [0, 0.1) is 5.21 Å². The van der Waals surface area contributed by atoms with Crippen LogP contribution in [0.3, 0.4) is 0 Å². The molecule has 3 heterocycles. The topological polar surface area (TPSA) is 170 Å². The molecule has 29 heavy (non-hydrogen) atoms. The summed E-state index contributed by atoms with van der Waals surface area (Å²) in [5.41, 5.74) is 0.955. The minimum atomic E-state index is -1.34. The Balaban J connectivity index is 0.00000240. The van der Waals surface area contributed by atoms with E-state index in [-0.39, 0.29) is 29.6 Å². The van der Waals surface area contributed by atoms with Crippen molar-refractivity contribution in [2.75, 3.05) is 11.9 Å². The molecule has 0 aromatic carbocycles. The zero-order chi connectivity index (χ0) is 19.7. The van der Waals surface area contributed by atoms with Gasteiger partial charge in [-0.25, -0.2) is 20.2 Å². The molecule has 14 heteroatoms. The van der Waals surface area contributed by atoms with E-state index in [0.717, 1.165) is 12.8 Å². The number of hydrogen-bond donors (Lipinski definition) is 4. The Labute approximate surface area is 187 Å². The number of hydrogen-bond acceptors (Lipinski definition) is 12. The monoisotopic (exact) mass is 420 g/mol. The van der Waals surface area contributed by atoms with E-state index in [1.807, 2.05) is 0 Å². The van der Waals surface area contributed by atoms with E-state index in [1.54, 1.807) is 0 Å². The van der Waals surface area contributed by atoms with Crippen LogP contribution in [0.15, 0.2) is 12.7 Å². The maximum atomic E-state index is 10.8. The standard InChI is InChI=1S/C15H21N6O7.Na/c22-11-9(5-26-21(24)28-25)27-15(12(11)23)20-7-18-10-13(16-6-17-14(10)20)19-8-3-1-2-4-8;/h6-9,11-12,15,22-23,25H,1-5H2,(H,16,17,19);/q-1;+1/t9-,11-,12-,15-;/m1./s1. The van der Waals surface area contributed by atoms with Crippen molar-refractivity contribution in [1.82, 2.24) is 24.9 Å². The molecule has 0 bridgehead atoms. The van der Waals surface area contributed by atoms with Gasteiger partial charge >= 0.3 is 29.6 Å². The van der Waals surface area contributed by atoms with Gasteiger partial charge in [-0.05, 0) is 12.8 Å². The molecule has 0 radical (unpaired) electrons. The fourth-order valence-electron chi connectivity index (χ4n) is 3.66. The summed E-state index contributed by atoms with van der Waals surface area (Å²) in [5.74, 6) is 0.602. The number of imidazole rings is 1. The first-order chi connectivity index (χ1) is 13.6. The average molecular weight is 420 g/mol. The zero-order valence-corrected chi connectivity index (χ0v) is 17.8. The number of nitrogens with zero attached hydrogens (tertiary/aromatic N) is 5. The normalized spacial score (nSPS) is 27.6. The second kappa shape index (κ2) is 9.89. The van der Waals surface area contributed by atoms with Gasteiger partial charge in [-0.15, -0.1) is 4.99 Å². The Morgan fingerprint density at radius 3 is 2.72 bits per heavy atom. The molecule has 154 valence electrons. The molecule has 2 aromatic rings. The van der Waals surface area contributed by atoms with Crippen molar-refractivity contribution in [1.29, 1.82) is 0 Å². The first kappa shape index (κ1) is 22.7. The van der Waals surface area contributed by atoms with Crippen LogP contribution in [-0.4, -0.2) is 71.3 Å². The fraction of sp³-hybridized carbons (Fsp3) is 0.667. The summed E-state index contributed by atoms with van der Waals surface area (Å²) in [4.78, 5) is 20.6. The number of nitrogens with one attached hydrogen (secondary N) is 1. The first-order valence-electron chi connectivity index (χ1n) is 8.96. The molecule has 4 rings (SSSR count). The molecule has 2 aliphatic rings. The number of aliphatic hydroxyl groups is 2. The summed E-state index contributed by atoms with van der Waals surface area (Å²) in [6.45, 7) is -0.450. The maximum Gasteiger partial charge on any atom is 1.00 e. The van der Waals surface area contributed by atoms with Gasteiger partial charge in [0.25, 0.3) is 0 Å². The largest absolute Gasteiger partial charge is 1.00 e. The second-order valence-electron chi connectivity index (χ2n) is 6.82. The molecule has 1 aliphatic carbocycles. The van der Waals surface area contributed by atoms with E-state index in [0.29, 0.717) is 23.0 Å². The number of rotatable bonds is 7. The number of aromatic nitrogens is 4. The van der Waals surface area contributed by atoms with Crippen LogP contribution < -0.4 is 34.9 Å². The van der Waals surface area contributed by atoms with Crippen molar-refractivity contribution in [2.24, 2.45) is 0 Å². The molecular weight excluding hydrogens is 399 g/mol. The van der Waals surface area contributed by atoms with Gasteiger partial charge < -0.3 is 25.5 Å². The molecule has 1 aliphatic heterocycles. The summed E-state index contributed by atoms with van der Waals surface area (Å²) < 4.78 is 7.11. The van der Waals surface area contributed by atoms with E-state index < -0.39 is 36.5 Å². The smallest absolute Gasteiger partial charge is 0.736 e. The molecule has 13 nitrogen and oxygen atoms in total. The van der Waals surface area contributed by atoms with Crippen molar-refractivity contribution < 1.29 is 59.6 Å². The molecule has 0 spiro atoms. The summed E-state index contributed by atoms with van der Waals surface area (Å²) >= 11 is 0. The Hall–Kier alpha value is -0.970. The van der Waals surface area contributed by atoms with Crippen molar-refractivity contribution >= 4 is 17.0 Å². The number of fused-ring (bicyclic) bond motifs is 1. The van der Waals surface area contributed by atoms with Gasteiger partial charge in [0.15, 0.2) is 23.2 Å².